The molecule has 0 fully saturated rings. The summed E-state index contributed by atoms with van der Waals surface area (Å²) >= 11 is 0. The number of hydrogen-bond donors (Lipinski definition) is 2. The zero-order valence-corrected chi connectivity index (χ0v) is 6.14. The average Bonchev–Trinajstić information content (AvgIpc) is 1.98. The summed E-state index contributed by atoms with van der Waals surface area (Å²) in [4.78, 5) is 0. The molecule has 1 unspecified atom stereocenters. The van der Waals surface area contributed by atoms with Crippen LogP contribution in [-0.4, -0.2) is 6.04 Å². The molecule has 0 aliphatic rings. The van der Waals surface area contributed by atoms with Gasteiger partial charge in [0.05, 0.1) is 0 Å². The highest BCUT2D eigenvalue weighted by Crippen LogP contribution is 1.99. The number of hydrogen-bond acceptors (Lipinski definition) is 2. The van der Waals surface area contributed by atoms with E-state index in [0.717, 1.165) is 19.3 Å². The van der Waals surface area contributed by atoms with Crippen LogP contribution in [0.4, 0.5) is 0 Å². The summed E-state index contributed by atoms with van der Waals surface area (Å²) in [6, 6.07) is 0.286. The molecule has 56 valence electrons. The fourth-order valence-electron chi connectivity index (χ4n) is 0.728. The van der Waals surface area contributed by atoms with Gasteiger partial charge in [-0.1, -0.05) is 6.08 Å². The van der Waals surface area contributed by atoms with Crippen molar-refractivity contribution in [2.75, 3.05) is 0 Å². The Kier molecular flexibility index (Phi) is 5.85. The first-order chi connectivity index (χ1) is 4.85. The van der Waals surface area contributed by atoms with Crippen molar-refractivity contribution >= 4 is 0 Å². The Bertz CT molecular complexity index is 124. The summed E-state index contributed by atoms with van der Waals surface area (Å²) in [5.74, 6) is 7.79. The molecule has 1 atom stereocenters. The minimum absolute atomic E-state index is 0.286. The summed E-state index contributed by atoms with van der Waals surface area (Å²) in [5.41, 5.74) is 2.67. The maximum atomic E-state index is 5.23. The van der Waals surface area contributed by atoms with E-state index in [1.54, 1.807) is 0 Å². The second kappa shape index (κ2) is 6.34. The largest absolute Gasteiger partial charge is 0.271 e. The smallest absolute Gasteiger partial charge is 0.0253 e. The molecule has 0 aromatic rings. The molecule has 3 N–H and O–H groups in total. The van der Waals surface area contributed by atoms with Crippen molar-refractivity contribution in [3.63, 3.8) is 0 Å². The van der Waals surface area contributed by atoms with Crippen LogP contribution < -0.4 is 11.3 Å². The van der Waals surface area contributed by atoms with E-state index >= 15 is 0 Å². The molecule has 0 saturated carbocycles. The molecule has 0 heterocycles. The lowest BCUT2D eigenvalue weighted by Gasteiger charge is -2.10. The maximum absolute atomic E-state index is 5.23. The Hall–Kier alpha value is -0.780. The molecule has 0 aliphatic heterocycles. The monoisotopic (exact) mass is 138 g/mol. The predicted molar refractivity (Wildman–Crippen MR) is 44.0 cm³/mol. The van der Waals surface area contributed by atoms with Gasteiger partial charge in [-0.2, -0.15) is 0 Å². The Morgan fingerprint density at radius 2 is 2.50 bits per heavy atom. The van der Waals surface area contributed by atoms with Gasteiger partial charge in [0.1, 0.15) is 0 Å². The van der Waals surface area contributed by atoms with Gasteiger partial charge in [-0.05, 0) is 12.8 Å². The van der Waals surface area contributed by atoms with Crippen molar-refractivity contribution in [3.05, 3.63) is 12.7 Å². The molecule has 0 aromatic heterocycles. The van der Waals surface area contributed by atoms with Crippen LogP contribution in [0.25, 0.3) is 0 Å². The Balaban J connectivity index is 3.41. The quantitative estimate of drug-likeness (QED) is 0.255. The van der Waals surface area contributed by atoms with Gasteiger partial charge < -0.3 is 0 Å². The molecule has 0 aromatic carbocycles. The third-order valence-corrected chi connectivity index (χ3v) is 1.32. The number of terminal acetylenes is 1. The summed E-state index contributed by atoms with van der Waals surface area (Å²) in [5, 5.41) is 0. The van der Waals surface area contributed by atoms with Crippen LogP contribution in [0.2, 0.25) is 0 Å². The van der Waals surface area contributed by atoms with Crippen LogP contribution in [0, 0.1) is 12.3 Å². The lowest BCUT2D eigenvalue weighted by atomic mass is 10.1. The molecule has 10 heavy (non-hydrogen) atoms. The van der Waals surface area contributed by atoms with Crippen LogP contribution in [0.1, 0.15) is 19.3 Å². The molecule has 2 nitrogen and oxygen atoms in total. The number of hydrazine groups is 1. The van der Waals surface area contributed by atoms with Gasteiger partial charge in [-0.3, -0.25) is 11.3 Å². The molecule has 0 aliphatic carbocycles. The minimum atomic E-state index is 0.286. The first-order valence-corrected chi connectivity index (χ1v) is 3.35. The number of rotatable bonds is 5. The second-order valence-electron chi connectivity index (χ2n) is 2.13. The van der Waals surface area contributed by atoms with Gasteiger partial charge in [0.25, 0.3) is 0 Å². The van der Waals surface area contributed by atoms with Crippen molar-refractivity contribution in [3.8, 4) is 12.3 Å². The van der Waals surface area contributed by atoms with Crippen molar-refractivity contribution in [2.24, 2.45) is 5.84 Å². The molecular weight excluding hydrogens is 124 g/mol. The van der Waals surface area contributed by atoms with Gasteiger partial charge >= 0.3 is 0 Å². The highest BCUT2D eigenvalue weighted by atomic mass is 15.2. The standard InChI is InChI=1S/C8H14N2/c1-3-5-7-8(10-9)6-4-2/h1,4,8,10H,2,5-7,9H2. The topological polar surface area (TPSA) is 38.0 Å². The molecule has 0 radical (unpaired) electrons. The summed E-state index contributed by atoms with van der Waals surface area (Å²) in [6.45, 7) is 3.61. The molecule has 0 saturated heterocycles. The van der Waals surface area contributed by atoms with Crippen molar-refractivity contribution in [1.29, 1.82) is 0 Å². The van der Waals surface area contributed by atoms with E-state index in [2.05, 4.69) is 17.9 Å². The number of nitrogens with two attached hydrogens (primary N) is 1. The van der Waals surface area contributed by atoms with Crippen molar-refractivity contribution < 1.29 is 0 Å². The fourth-order valence-corrected chi connectivity index (χ4v) is 0.728. The lowest BCUT2D eigenvalue weighted by molar-refractivity contribution is 0.505. The van der Waals surface area contributed by atoms with E-state index in [-0.39, 0.29) is 6.04 Å². The highest BCUT2D eigenvalue weighted by Gasteiger charge is 2.00. The van der Waals surface area contributed by atoms with Crippen LogP contribution in [0.3, 0.4) is 0 Å². The van der Waals surface area contributed by atoms with Crippen molar-refractivity contribution in [2.45, 2.75) is 25.3 Å². The Morgan fingerprint density at radius 3 is 2.90 bits per heavy atom. The molecular formula is C8H14N2. The van der Waals surface area contributed by atoms with Gasteiger partial charge in [0.15, 0.2) is 0 Å². The third kappa shape index (κ3) is 4.13. The van der Waals surface area contributed by atoms with Gasteiger partial charge in [-0.25, -0.2) is 0 Å². The normalized spacial score (nSPS) is 12.0. The van der Waals surface area contributed by atoms with E-state index in [0.29, 0.717) is 0 Å². The second-order valence-corrected chi connectivity index (χ2v) is 2.13. The first kappa shape index (κ1) is 9.22. The molecule has 0 amide bonds. The number of nitrogens with one attached hydrogen (secondary N) is 1. The molecule has 0 spiro atoms. The molecule has 2 heteroatoms. The van der Waals surface area contributed by atoms with E-state index < -0.39 is 0 Å². The van der Waals surface area contributed by atoms with E-state index in [1.165, 1.54) is 0 Å². The van der Waals surface area contributed by atoms with Crippen LogP contribution in [0.5, 0.6) is 0 Å². The fraction of sp³-hybridized carbons (Fsp3) is 0.500. The summed E-state index contributed by atoms with van der Waals surface area (Å²) < 4.78 is 0. The average molecular weight is 138 g/mol. The predicted octanol–water partition coefficient (Wildman–Crippen LogP) is 0.808. The van der Waals surface area contributed by atoms with Gasteiger partial charge in [0, 0.05) is 12.5 Å². The van der Waals surface area contributed by atoms with E-state index in [4.69, 9.17) is 12.3 Å². The molecule has 0 rings (SSSR count). The van der Waals surface area contributed by atoms with Crippen LogP contribution >= 0.6 is 0 Å². The summed E-state index contributed by atoms with van der Waals surface area (Å²) in [6.07, 6.45) is 9.47. The highest BCUT2D eigenvalue weighted by molar-refractivity contribution is 4.87. The zero-order chi connectivity index (χ0) is 7.82. The van der Waals surface area contributed by atoms with Gasteiger partial charge in [-0.15, -0.1) is 18.9 Å². The third-order valence-electron chi connectivity index (χ3n) is 1.32. The molecule has 0 bridgehead atoms. The first-order valence-electron chi connectivity index (χ1n) is 3.35. The van der Waals surface area contributed by atoms with Crippen molar-refractivity contribution in [1.82, 2.24) is 5.43 Å². The Labute approximate surface area is 62.5 Å². The maximum Gasteiger partial charge on any atom is 0.0253 e. The van der Waals surface area contributed by atoms with E-state index in [9.17, 15) is 0 Å². The minimum Gasteiger partial charge on any atom is -0.271 e. The van der Waals surface area contributed by atoms with Crippen LogP contribution in [-0.2, 0) is 0 Å². The van der Waals surface area contributed by atoms with Crippen LogP contribution in [0.15, 0.2) is 12.7 Å². The SMILES string of the molecule is C#CCCC(CC=C)NN. The van der Waals surface area contributed by atoms with E-state index in [1.807, 2.05) is 6.08 Å². The lowest BCUT2D eigenvalue weighted by Crippen LogP contribution is -2.34. The zero-order valence-electron chi connectivity index (χ0n) is 6.14. The van der Waals surface area contributed by atoms with Gasteiger partial charge in [0.2, 0.25) is 0 Å². The summed E-state index contributed by atoms with van der Waals surface area (Å²) in [7, 11) is 0. The Morgan fingerprint density at radius 1 is 1.80 bits per heavy atom.